The molecule has 1 aromatic carbocycles. The van der Waals surface area contributed by atoms with E-state index in [-0.39, 0.29) is 5.25 Å². The van der Waals surface area contributed by atoms with Crippen LogP contribution in [-0.2, 0) is 10.8 Å². The van der Waals surface area contributed by atoms with Crippen molar-refractivity contribution in [3.8, 4) is 0 Å². The Balaban J connectivity index is 2.91. The summed E-state index contributed by atoms with van der Waals surface area (Å²) >= 11 is 6.19. The highest BCUT2D eigenvalue weighted by molar-refractivity contribution is 7.85. The van der Waals surface area contributed by atoms with E-state index in [0.29, 0.717) is 11.1 Å². The van der Waals surface area contributed by atoms with Crippen LogP contribution in [0.2, 0.25) is 5.02 Å². The second-order valence-electron chi connectivity index (χ2n) is 5.02. The van der Waals surface area contributed by atoms with Gasteiger partial charge in [-0.3, -0.25) is 4.21 Å². The Kier molecular flexibility index (Phi) is 8.43. The van der Waals surface area contributed by atoms with E-state index < -0.39 is 10.8 Å². The summed E-state index contributed by atoms with van der Waals surface area (Å²) in [6, 6.07) is 7.77. The highest BCUT2D eigenvalue weighted by atomic mass is 35.5. The fraction of sp³-hybridized carbons (Fsp3) is 0.625. The Morgan fingerprint density at radius 2 is 1.90 bits per heavy atom. The van der Waals surface area contributed by atoms with E-state index in [1.54, 1.807) is 0 Å². The first-order valence-corrected chi connectivity index (χ1v) is 9.13. The fourth-order valence-corrected chi connectivity index (χ4v) is 4.41. The van der Waals surface area contributed by atoms with Gasteiger partial charge in [0, 0.05) is 6.04 Å². The van der Waals surface area contributed by atoms with Gasteiger partial charge in [0.1, 0.15) is 0 Å². The summed E-state index contributed by atoms with van der Waals surface area (Å²) in [5.41, 5.74) is 0. The van der Waals surface area contributed by atoms with Crippen molar-refractivity contribution in [3.05, 3.63) is 29.3 Å². The minimum atomic E-state index is -1.06. The summed E-state index contributed by atoms with van der Waals surface area (Å²) in [6.45, 7) is 7.41. The third-order valence-corrected chi connectivity index (χ3v) is 5.88. The molecule has 20 heavy (non-hydrogen) atoms. The smallest absolute Gasteiger partial charge is 0.0591 e. The normalized spacial score (nSPS) is 15.8. The molecule has 0 heterocycles. The second-order valence-corrected chi connectivity index (χ2v) is 7.07. The Labute approximate surface area is 130 Å². The molecule has 0 aliphatic rings. The van der Waals surface area contributed by atoms with Crippen LogP contribution in [0.15, 0.2) is 29.2 Å². The molecule has 3 unspecified atom stereocenters. The number of hydrogen-bond donors (Lipinski definition) is 1. The first-order valence-electron chi connectivity index (χ1n) is 7.54. The number of hydrogen-bond acceptors (Lipinski definition) is 2. The van der Waals surface area contributed by atoms with Crippen LogP contribution in [0, 0.1) is 0 Å². The van der Waals surface area contributed by atoms with Crippen LogP contribution in [0.5, 0.6) is 0 Å². The summed E-state index contributed by atoms with van der Waals surface area (Å²) < 4.78 is 12.9. The topological polar surface area (TPSA) is 29.1 Å². The maximum Gasteiger partial charge on any atom is 0.0591 e. The van der Waals surface area contributed by atoms with Crippen molar-refractivity contribution in [1.29, 1.82) is 0 Å². The third-order valence-electron chi connectivity index (χ3n) is 3.44. The maximum atomic E-state index is 12.9. The Morgan fingerprint density at radius 3 is 2.45 bits per heavy atom. The molecule has 114 valence electrons. The molecule has 0 fully saturated rings. The van der Waals surface area contributed by atoms with Crippen molar-refractivity contribution in [2.45, 2.75) is 62.6 Å². The minimum absolute atomic E-state index is 0.112. The average Bonchev–Trinajstić information content (AvgIpc) is 2.45. The van der Waals surface area contributed by atoms with E-state index >= 15 is 0 Å². The number of rotatable bonds is 9. The molecule has 0 aliphatic carbocycles. The van der Waals surface area contributed by atoms with Gasteiger partial charge in [0.15, 0.2) is 0 Å². The van der Waals surface area contributed by atoms with Crippen LogP contribution in [0.1, 0.15) is 46.5 Å². The lowest BCUT2D eigenvalue weighted by molar-refractivity contribution is 0.447. The van der Waals surface area contributed by atoms with E-state index in [0.717, 1.165) is 37.1 Å². The molecule has 1 N–H and O–H groups in total. The Bertz CT molecular complexity index is 425. The SMILES string of the molecule is CCCNC(CCC)C(CC)S(=O)c1ccccc1Cl. The largest absolute Gasteiger partial charge is 0.313 e. The van der Waals surface area contributed by atoms with Crippen molar-refractivity contribution in [2.24, 2.45) is 0 Å². The van der Waals surface area contributed by atoms with Gasteiger partial charge in [-0.2, -0.15) is 0 Å². The fourth-order valence-electron chi connectivity index (χ4n) is 2.42. The maximum absolute atomic E-state index is 12.9. The molecule has 2 nitrogen and oxygen atoms in total. The first-order chi connectivity index (χ1) is 9.65. The van der Waals surface area contributed by atoms with E-state index in [4.69, 9.17) is 11.6 Å². The van der Waals surface area contributed by atoms with Gasteiger partial charge < -0.3 is 5.32 Å². The Hall–Kier alpha value is -0.380. The summed E-state index contributed by atoms with van der Waals surface area (Å²) in [6.07, 6.45) is 4.13. The molecule has 3 atom stereocenters. The monoisotopic (exact) mass is 315 g/mol. The molecule has 1 aromatic rings. The summed E-state index contributed by atoms with van der Waals surface area (Å²) in [5.74, 6) is 0. The first kappa shape index (κ1) is 17.7. The molecule has 0 bridgehead atoms. The van der Waals surface area contributed by atoms with Crippen molar-refractivity contribution in [1.82, 2.24) is 5.32 Å². The van der Waals surface area contributed by atoms with Gasteiger partial charge >= 0.3 is 0 Å². The molecule has 4 heteroatoms. The van der Waals surface area contributed by atoms with Crippen molar-refractivity contribution >= 4 is 22.4 Å². The number of benzene rings is 1. The van der Waals surface area contributed by atoms with E-state index in [1.165, 1.54) is 0 Å². The van der Waals surface area contributed by atoms with Gasteiger partial charge in [-0.15, -0.1) is 0 Å². The highest BCUT2D eigenvalue weighted by Gasteiger charge is 2.26. The summed E-state index contributed by atoms with van der Waals surface area (Å²) in [5, 5.41) is 4.27. The van der Waals surface area contributed by atoms with Crippen LogP contribution >= 0.6 is 11.6 Å². The van der Waals surface area contributed by atoms with Gasteiger partial charge in [0.2, 0.25) is 0 Å². The van der Waals surface area contributed by atoms with Gasteiger partial charge in [-0.1, -0.05) is 50.9 Å². The lowest BCUT2D eigenvalue weighted by atomic mass is 10.1. The summed E-state index contributed by atoms with van der Waals surface area (Å²) in [4.78, 5) is 0.764. The standard InChI is InChI=1S/C16H26ClNOS/c1-4-9-14(18-12-5-2)15(6-3)20(19)16-11-8-7-10-13(16)17/h7-8,10-11,14-15,18H,4-6,9,12H2,1-3H3. The zero-order valence-electron chi connectivity index (χ0n) is 12.7. The van der Waals surface area contributed by atoms with Gasteiger partial charge in [0.05, 0.1) is 26.0 Å². The lowest BCUT2D eigenvalue weighted by Crippen LogP contribution is -2.42. The van der Waals surface area contributed by atoms with E-state index in [9.17, 15) is 4.21 Å². The van der Waals surface area contributed by atoms with Crippen molar-refractivity contribution in [2.75, 3.05) is 6.54 Å². The van der Waals surface area contributed by atoms with Crippen molar-refractivity contribution in [3.63, 3.8) is 0 Å². The highest BCUT2D eigenvalue weighted by Crippen LogP contribution is 2.25. The predicted molar refractivity (Wildman–Crippen MR) is 88.9 cm³/mol. The summed E-state index contributed by atoms with van der Waals surface area (Å²) in [7, 11) is -1.06. The molecule has 0 amide bonds. The lowest BCUT2D eigenvalue weighted by Gasteiger charge is -2.27. The molecular weight excluding hydrogens is 290 g/mol. The van der Waals surface area contributed by atoms with Gasteiger partial charge in [-0.25, -0.2) is 0 Å². The molecular formula is C16H26ClNOS. The molecule has 0 aliphatic heterocycles. The van der Waals surface area contributed by atoms with E-state index in [1.807, 2.05) is 24.3 Å². The van der Waals surface area contributed by atoms with Crippen LogP contribution in [0.25, 0.3) is 0 Å². The third kappa shape index (κ3) is 4.87. The number of nitrogens with one attached hydrogen (secondary N) is 1. The zero-order chi connectivity index (χ0) is 15.0. The van der Waals surface area contributed by atoms with Crippen molar-refractivity contribution < 1.29 is 4.21 Å². The average molecular weight is 316 g/mol. The quantitative estimate of drug-likeness (QED) is 0.732. The Morgan fingerprint density at radius 1 is 1.20 bits per heavy atom. The molecule has 1 rings (SSSR count). The second kappa shape index (κ2) is 9.54. The van der Waals surface area contributed by atoms with Crippen LogP contribution in [0.3, 0.4) is 0 Å². The van der Waals surface area contributed by atoms with Gasteiger partial charge in [-0.05, 0) is 37.9 Å². The molecule has 0 radical (unpaired) electrons. The van der Waals surface area contributed by atoms with Crippen LogP contribution in [-0.4, -0.2) is 22.0 Å². The predicted octanol–water partition coefficient (Wildman–Crippen LogP) is 4.39. The van der Waals surface area contributed by atoms with E-state index in [2.05, 4.69) is 26.1 Å². The van der Waals surface area contributed by atoms with Crippen LogP contribution < -0.4 is 5.32 Å². The molecule has 0 saturated carbocycles. The van der Waals surface area contributed by atoms with Gasteiger partial charge in [0.25, 0.3) is 0 Å². The van der Waals surface area contributed by atoms with Crippen LogP contribution in [0.4, 0.5) is 0 Å². The molecule has 0 spiro atoms. The molecule has 0 saturated heterocycles. The minimum Gasteiger partial charge on any atom is -0.313 e. The molecule has 0 aromatic heterocycles. The number of halogens is 1. The zero-order valence-corrected chi connectivity index (χ0v) is 14.3.